The van der Waals surface area contributed by atoms with Crippen LogP contribution in [0.1, 0.15) is 22.3 Å². The van der Waals surface area contributed by atoms with Gasteiger partial charge in [-0.25, -0.2) is 0 Å². The molecule has 134 valence electrons. The molecule has 1 amide bonds. The molecule has 0 saturated heterocycles. The molecule has 0 bridgehead atoms. The van der Waals surface area contributed by atoms with Crippen LogP contribution >= 0.6 is 11.8 Å². The molecule has 2 aromatic carbocycles. The minimum absolute atomic E-state index is 0.0397. The van der Waals surface area contributed by atoms with Crippen LogP contribution in [0.25, 0.3) is 0 Å². The smallest absolute Gasteiger partial charge is 0.238 e. The van der Waals surface area contributed by atoms with E-state index in [-0.39, 0.29) is 5.91 Å². The van der Waals surface area contributed by atoms with Gasteiger partial charge < -0.3 is 5.32 Å². The van der Waals surface area contributed by atoms with Crippen LogP contribution in [0.15, 0.2) is 41.3 Å². The third kappa shape index (κ3) is 6.22. The van der Waals surface area contributed by atoms with Crippen molar-refractivity contribution in [1.29, 1.82) is 0 Å². The van der Waals surface area contributed by atoms with Crippen molar-refractivity contribution in [3.05, 3.63) is 58.7 Å². The van der Waals surface area contributed by atoms with Gasteiger partial charge in [0.1, 0.15) is 0 Å². The van der Waals surface area contributed by atoms with Gasteiger partial charge in [-0.3, -0.25) is 9.69 Å². The summed E-state index contributed by atoms with van der Waals surface area (Å²) in [5.74, 6) is 1.01. The summed E-state index contributed by atoms with van der Waals surface area (Å²) in [7, 11) is 1.99. The molecule has 0 radical (unpaired) electrons. The second kappa shape index (κ2) is 9.07. The predicted molar refractivity (Wildman–Crippen MR) is 109 cm³/mol. The van der Waals surface area contributed by atoms with Crippen molar-refractivity contribution < 1.29 is 4.79 Å². The maximum Gasteiger partial charge on any atom is 0.238 e. The van der Waals surface area contributed by atoms with E-state index in [1.54, 1.807) is 0 Å². The number of likely N-dealkylation sites (N-methyl/N-ethyl adjacent to an activating group) is 1. The van der Waals surface area contributed by atoms with E-state index in [1.165, 1.54) is 16.0 Å². The molecule has 0 spiro atoms. The topological polar surface area (TPSA) is 32.3 Å². The first-order valence-corrected chi connectivity index (χ1v) is 9.59. The van der Waals surface area contributed by atoms with Crippen LogP contribution < -0.4 is 5.32 Å². The molecule has 0 aliphatic rings. The molecule has 0 aliphatic carbocycles. The number of carbonyl (C=O) groups is 1. The second-order valence-corrected chi connectivity index (χ2v) is 7.89. The van der Waals surface area contributed by atoms with Gasteiger partial charge in [-0.05, 0) is 58.0 Å². The molecule has 3 nitrogen and oxygen atoms in total. The Morgan fingerprint density at radius 3 is 2.20 bits per heavy atom. The van der Waals surface area contributed by atoms with Gasteiger partial charge >= 0.3 is 0 Å². The van der Waals surface area contributed by atoms with Crippen LogP contribution in [0.3, 0.4) is 0 Å². The number of rotatable bonds is 7. The van der Waals surface area contributed by atoms with Crippen molar-refractivity contribution in [3.63, 3.8) is 0 Å². The number of hydrogen-bond donors (Lipinski definition) is 1. The summed E-state index contributed by atoms with van der Waals surface area (Å²) < 4.78 is 0. The van der Waals surface area contributed by atoms with Crippen LogP contribution in [0.5, 0.6) is 0 Å². The molecule has 1 N–H and O–H groups in total. The average molecular weight is 357 g/mol. The van der Waals surface area contributed by atoms with E-state index >= 15 is 0 Å². The van der Waals surface area contributed by atoms with Crippen LogP contribution in [0, 0.1) is 27.7 Å². The van der Waals surface area contributed by atoms with Crippen molar-refractivity contribution in [1.82, 2.24) is 4.90 Å². The standard InChI is InChI=1S/C21H28N2OS/c1-15-6-8-19(9-7-15)25-11-10-23(5)14-20(24)22-21-17(3)12-16(2)13-18(21)4/h6-9,12-13H,10-11,14H2,1-5H3,(H,22,24). The van der Waals surface area contributed by atoms with Crippen molar-refractivity contribution in [2.45, 2.75) is 32.6 Å². The number of amides is 1. The molecule has 0 aliphatic heterocycles. The van der Waals surface area contributed by atoms with Gasteiger partial charge in [0.25, 0.3) is 0 Å². The van der Waals surface area contributed by atoms with Gasteiger partial charge in [0.15, 0.2) is 0 Å². The lowest BCUT2D eigenvalue weighted by atomic mass is 10.1. The number of nitrogens with one attached hydrogen (secondary N) is 1. The third-order valence-electron chi connectivity index (χ3n) is 4.12. The Hall–Kier alpha value is -1.78. The Morgan fingerprint density at radius 1 is 1.00 bits per heavy atom. The lowest BCUT2D eigenvalue weighted by molar-refractivity contribution is -0.117. The van der Waals surface area contributed by atoms with Gasteiger partial charge in [-0.15, -0.1) is 11.8 Å². The monoisotopic (exact) mass is 356 g/mol. The summed E-state index contributed by atoms with van der Waals surface area (Å²) in [4.78, 5) is 15.7. The molecule has 0 unspecified atom stereocenters. The third-order valence-corrected chi connectivity index (χ3v) is 5.11. The number of benzene rings is 2. The van der Waals surface area contributed by atoms with E-state index in [1.807, 2.05) is 32.7 Å². The van der Waals surface area contributed by atoms with Gasteiger partial charge in [0.05, 0.1) is 6.54 Å². The molecular weight excluding hydrogens is 328 g/mol. The largest absolute Gasteiger partial charge is 0.324 e. The van der Waals surface area contributed by atoms with E-state index in [0.717, 1.165) is 29.1 Å². The molecule has 0 aromatic heterocycles. The fourth-order valence-electron chi connectivity index (χ4n) is 2.83. The van der Waals surface area contributed by atoms with E-state index in [0.29, 0.717) is 6.54 Å². The maximum atomic E-state index is 12.3. The van der Waals surface area contributed by atoms with Gasteiger partial charge in [-0.1, -0.05) is 35.4 Å². The highest BCUT2D eigenvalue weighted by molar-refractivity contribution is 7.99. The number of carbonyl (C=O) groups excluding carboxylic acids is 1. The highest BCUT2D eigenvalue weighted by atomic mass is 32.2. The van der Waals surface area contributed by atoms with Crippen LogP contribution in [-0.4, -0.2) is 36.7 Å². The van der Waals surface area contributed by atoms with Gasteiger partial charge in [0.2, 0.25) is 5.91 Å². The Morgan fingerprint density at radius 2 is 1.60 bits per heavy atom. The molecule has 25 heavy (non-hydrogen) atoms. The summed E-state index contributed by atoms with van der Waals surface area (Å²) in [6.07, 6.45) is 0. The van der Waals surface area contributed by atoms with E-state index in [4.69, 9.17) is 0 Å². The zero-order valence-electron chi connectivity index (χ0n) is 15.8. The number of anilines is 1. The highest BCUT2D eigenvalue weighted by Gasteiger charge is 2.10. The Kier molecular flexibility index (Phi) is 7.09. The lowest BCUT2D eigenvalue weighted by Gasteiger charge is -2.18. The average Bonchev–Trinajstić information content (AvgIpc) is 2.52. The predicted octanol–water partition coefficient (Wildman–Crippen LogP) is 4.58. The van der Waals surface area contributed by atoms with Crippen molar-refractivity contribution in [2.24, 2.45) is 0 Å². The fraction of sp³-hybridized carbons (Fsp3) is 0.381. The minimum atomic E-state index is 0.0397. The van der Waals surface area contributed by atoms with Crippen molar-refractivity contribution in [2.75, 3.05) is 31.2 Å². The maximum absolute atomic E-state index is 12.3. The van der Waals surface area contributed by atoms with E-state index in [9.17, 15) is 4.79 Å². The van der Waals surface area contributed by atoms with Crippen LogP contribution in [0.2, 0.25) is 0 Å². The molecule has 0 fully saturated rings. The van der Waals surface area contributed by atoms with Gasteiger partial charge in [0, 0.05) is 22.9 Å². The molecule has 0 atom stereocenters. The molecular formula is C21H28N2OS. The van der Waals surface area contributed by atoms with Crippen molar-refractivity contribution in [3.8, 4) is 0 Å². The Bertz CT molecular complexity index is 702. The summed E-state index contributed by atoms with van der Waals surface area (Å²) in [5.41, 5.74) is 5.67. The fourth-order valence-corrected chi connectivity index (χ4v) is 3.80. The summed E-state index contributed by atoms with van der Waals surface area (Å²) in [5, 5.41) is 3.06. The Balaban J connectivity index is 1.79. The molecule has 0 saturated carbocycles. The highest BCUT2D eigenvalue weighted by Crippen LogP contribution is 2.22. The van der Waals surface area contributed by atoms with E-state index < -0.39 is 0 Å². The lowest BCUT2D eigenvalue weighted by Crippen LogP contribution is -2.32. The minimum Gasteiger partial charge on any atom is -0.324 e. The summed E-state index contributed by atoms with van der Waals surface area (Å²) in [6.45, 7) is 9.53. The quantitative estimate of drug-likeness (QED) is 0.737. The number of hydrogen-bond acceptors (Lipinski definition) is 3. The van der Waals surface area contributed by atoms with E-state index in [2.05, 4.69) is 60.5 Å². The molecule has 0 heterocycles. The number of thioether (sulfide) groups is 1. The van der Waals surface area contributed by atoms with Crippen LogP contribution in [0.4, 0.5) is 5.69 Å². The van der Waals surface area contributed by atoms with Crippen LogP contribution in [-0.2, 0) is 4.79 Å². The second-order valence-electron chi connectivity index (χ2n) is 6.72. The normalized spacial score (nSPS) is 11.0. The summed E-state index contributed by atoms with van der Waals surface area (Å²) >= 11 is 1.82. The molecule has 2 aromatic rings. The number of nitrogens with zero attached hydrogens (tertiary/aromatic N) is 1. The Labute approximate surface area is 155 Å². The first-order chi connectivity index (χ1) is 11.8. The first kappa shape index (κ1) is 19.5. The summed E-state index contributed by atoms with van der Waals surface area (Å²) in [6, 6.07) is 12.8. The molecule has 4 heteroatoms. The zero-order valence-corrected chi connectivity index (χ0v) is 16.7. The SMILES string of the molecule is Cc1ccc(SCCN(C)CC(=O)Nc2c(C)cc(C)cc2C)cc1. The number of aryl methyl sites for hydroxylation is 4. The van der Waals surface area contributed by atoms with Crippen molar-refractivity contribution >= 4 is 23.4 Å². The van der Waals surface area contributed by atoms with Gasteiger partial charge in [-0.2, -0.15) is 0 Å². The zero-order chi connectivity index (χ0) is 18.4. The molecule has 2 rings (SSSR count). The first-order valence-electron chi connectivity index (χ1n) is 8.61.